The van der Waals surface area contributed by atoms with Crippen LogP contribution in [0.4, 0.5) is 4.39 Å². The molecule has 1 aliphatic heterocycles. The number of halogens is 1. The van der Waals surface area contributed by atoms with Gasteiger partial charge in [-0.25, -0.2) is 4.39 Å². The molecule has 0 saturated carbocycles. The van der Waals surface area contributed by atoms with Gasteiger partial charge in [0, 0.05) is 58.7 Å². The average molecular weight is 351 g/mol. The van der Waals surface area contributed by atoms with Crippen LogP contribution in [-0.4, -0.2) is 52.0 Å². The predicted molar refractivity (Wildman–Crippen MR) is 98.6 cm³/mol. The summed E-state index contributed by atoms with van der Waals surface area (Å²) in [4.78, 5) is 4.29. The van der Waals surface area contributed by atoms with Crippen LogP contribution in [0.15, 0.2) is 29.3 Å². The molecule has 0 unspecified atom stereocenters. The Morgan fingerprint density at radius 1 is 1.32 bits per heavy atom. The highest BCUT2D eigenvalue weighted by molar-refractivity contribution is 5.79. The quantitative estimate of drug-likeness (QED) is 0.611. The molecule has 0 aromatic heterocycles. The molecule has 1 saturated heterocycles. The molecule has 0 aliphatic carbocycles. The van der Waals surface area contributed by atoms with Crippen LogP contribution in [0.5, 0.6) is 0 Å². The van der Waals surface area contributed by atoms with E-state index >= 15 is 0 Å². The molecule has 1 heterocycles. The van der Waals surface area contributed by atoms with Gasteiger partial charge >= 0.3 is 0 Å². The molecular weight excluding hydrogens is 321 g/mol. The van der Waals surface area contributed by atoms with Crippen molar-refractivity contribution in [2.75, 3.05) is 40.5 Å². The Morgan fingerprint density at radius 3 is 2.64 bits per heavy atom. The van der Waals surface area contributed by atoms with Crippen molar-refractivity contribution in [3.63, 3.8) is 0 Å². The first kappa shape index (κ1) is 19.7. The maximum atomic E-state index is 13.5. The number of nitrogens with one attached hydrogen (secondary N) is 2. The summed E-state index contributed by atoms with van der Waals surface area (Å²) in [5, 5.41) is 6.69. The molecule has 0 atom stereocenters. The molecule has 0 amide bonds. The van der Waals surface area contributed by atoms with Crippen LogP contribution in [0.1, 0.15) is 32.3 Å². The van der Waals surface area contributed by atoms with E-state index in [-0.39, 0.29) is 16.8 Å². The van der Waals surface area contributed by atoms with Crippen LogP contribution in [0.25, 0.3) is 0 Å². The summed E-state index contributed by atoms with van der Waals surface area (Å²) in [5.41, 5.74) is 0.513. The summed E-state index contributed by atoms with van der Waals surface area (Å²) in [7, 11) is 3.49. The van der Waals surface area contributed by atoms with E-state index in [2.05, 4.69) is 29.5 Å². The summed E-state index contributed by atoms with van der Waals surface area (Å²) in [6, 6.07) is 6.74. The smallest absolute Gasteiger partial charge is 0.191 e. The Kier molecular flexibility index (Phi) is 6.79. The lowest BCUT2D eigenvalue weighted by Crippen LogP contribution is -2.52. The molecule has 0 radical (unpaired) electrons. The van der Waals surface area contributed by atoms with Crippen molar-refractivity contribution in [1.29, 1.82) is 0 Å². The van der Waals surface area contributed by atoms with Crippen LogP contribution in [0.2, 0.25) is 0 Å². The Bertz CT molecular complexity index is 584. The van der Waals surface area contributed by atoms with Crippen LogP contribution in [0.3, 0.4) is 0 Å². The van der Waals surface area contributed by atoms with E-state index in [0.29, 0.717) is 32.3 Å². The average Bonchev–Trinajstić information content (AvgIpc) is 2.62. The highest BCUT2D eigenvalue weighted by Gasteiger charge is 2.32. The Labute approximate surface area is 150 Å². The van der Waals surface area contributed by atoms with Crippen molar-refractivity contribution in [2.24, 2.45) is 4.99 Å². The normalized spacial score (nSPS) is 18.0. The Balaban J connectivity index is 1.91. The van der Waals surface area contributed by atoms with Gasteiger partial charge in [0.15, 0.2) is 5.96 Å². The van der Waals surface area contributed by atoms with E-state index in [1.165, 1.54) is 6.07 Å². The van der Waals surface area contributed by atoms with E-state index < -0.39 is 0 Å². The molecule has 25 heavy (non-hydrogen) atoms. The molecule has 2 N–H and O–H groups in total. The van der Waals surface area contributed by atoms with Gasteiger partial charge in [0.2, 0.25) is 0 Å². The van der Waals surface area contributed by atoms with Crippen molar-refractivity contribution in [3.8, 4) is 0 Å². The summed E-state index contributed by atoms with van der Waals surface area (Å²) in [5.74, 6) is 0.502. The molecule has 1 fully saturated rings. The predicted octanol–water partition coefficient (Wildman–Crippen LogP) is 2.46. The SMILES string of the molecule is CN=C(NCC1(OC)CCOCC1)NCC(C)(C)c1cccc(F)c1. The summed E-state index contributed by atoms with van der Waals surface area (Å²) in [6.07, 6.45) is 1.73. The van der Waals surface area contributed by atoms with E-state index in [1.54, 1.807) is 26.3 Å². The molecule has 1 aliphatic rings. The number of benzene rings is 1. The third-order valence-corrected chi connectivity index (χ3v) is 4.94. The third kappa shape index (κ3) is 5.41. The zero-order valence-electron chi connectivity index (χ0n) is 15.7. The van der Waals surface area contributed by atoms with Crippen LogP contribution in [-0.2, 0) is 14.9 Å². The number of hydrogen-bond acceptors (Lipinski definition) is 3. The van der Waals surface area contributed by atoms with Gasteiger partial charge in [-0.15, -0.1) is 0 Å². The summed E-state index contributed by atoms with van der Waals surface area (Å²) in [6.45, 7) is 6.91. The van der Waals surface area contributed by atoms with E-state index in [0.717, 1.165) is 18.4 Å². The van der Waals surface area contributed by atoms with Gasteiger partial charge in [-0.1, -0.05) is 26.0 Å². The Morgan fingerprint density at radius 2 is 2.04 bits per heavy atom. The zero-order chi connectivity index (χ0) is 18.3. The first-order valence-corrected chi connectivity index (χ1v) is 8.74. The lowest BCUT2D eigenvalue weighted by molar-refractivity contribution is -0.0855. The summed E-state index contributed by atoms with van der Waals surface area (Å²) < 4.78 is 24.7. The fourth-order valence-corrected chi connectivity index (χ4v) is 2.98. The number of guanidine groups is 1. The van der Waals surface area contributed by atoms with Gasteiger partial charge in [0.25, 0.3) is 0 Å². The van der Waals surface area contributed by atoms with Gasteiger partial charge in [-0.05, 0) is 17.7 Å². The molecule has 6 heteroatoms. The van der Waals surface area contributed by atoms with Gasteiger partial charge in [-0.3, -0.25) is 4.99 Å². The minimum atomic E-state index is -0.225. The van der Waals surface area contributed by atoms with Crippen molar-refractivity contribution < 1.29 is 13.9 Å². The second-order valence-corrected chi connectivity index (χ2v) is 7.17. The number of nitrogens with zero attached hydrogens (tertiary/aromatic N) is 1. The van der Waals surface area contributed by atoms with Crippen molar-refractivity contribution in [3.05, 3.63) is 35.6 Å². The van der Waals surface area contributed by atoms with Gasteiger partial charge < -0.3 is 20.1 Å². The third-order valence-electron chi connectivity index (χ3n) is 4.94. The standard InChI is InChI=1S/C19H30FN3O2/c1-18(2,15-6-5-7-16(20)12-15)13-22-17(21-3)23-14-19(24-4)8-10-25-11-9-19/h5-7,12H,8-11,13-14H2,1-4H3,(H2,21,22,23). The highest BCUT2D eigenvalue weighted by Crippen LogP contribution is 2.24. The monoisotopic (exact) mass is 351 g/mol. The first-order valence-electron chi connectivity index (χ1n) is 8.74. The molecule has 1 aromatic rings. The maximum Gasteiger partial charge on any atom is 0.191 e. The number of hydrogen-bond donors (Lipinski definition) is 2. The van der Waals surface area contributed by atoms with E-state index in [4.69, 9.17) is 9.47 Å². The highest BCUT2D eigenvalue weighted by atomic mass is 19.1. The second kappa shape index (κ2) is 8.63. The number of ether oxygens (including phenoxy) is 2. The van der Waals surface area contributed by atoms with Gasteiger partial charge in [-0.2, -0.15) is 0 Å². The molecule has 0 bridgehead atoms. The van der Waals surface area contributed by atoms with E-state index in [9.17, 15) is 4.39 Å². The minimum absolute atomic E-state index is 0.213. The molecule has 1 aromatic carbocycles. The molecule has 2 rings (SSSR count). The zero-order valence-corrected chi connectivity index (χ0v) is 15.7. The topological polar surface area (TPSA) is 54.9 Å². The van der Waals surface area contributed by atoms with Gasteiger partial charge in [0.1, 0.15) is 5.82 Å². The molecule has 5 nitrogen and oxygen atoms in total. The molecular formula is C19H30FN3O2. The lowest BCUT2D eigenvalue weighted by atomic mass is 9.84. The largest absolute Gasteiger partial charge is 0.381 e. The first-order chi connectivity index (χ1) is 11.9. The maximum absolute atomic E-state index is 13.5. The summed E-state index contributed by atoms with van der Waals surface area (Å²) >= 11 is 0. The van der Waals surface area contributed by atoms with Crippen molar-refractivity contribution >= 4 is 5.96 Å². The fourth-order valence-electron chi connectivity index (χ4n) is 2.98. The van der Waals surface area contributed by atoms with Crippen LogP contribution < -0.4 is 10.6 Å². The van der Waals surface area contributed by atoms with Crippen LogP contribution >= 0.6 is 0 Å². The van der Waals surface area contributed by atoms with Gasteiger partial charge in [0.05, 0.1) is 5.60 Å². The Hall–Kier alpha value is -1.66. The number of methoxy groups -OCH3 is 1. The fraction of sp³-hybridized carbons (Fsp3) is 0.632. The van der Waals surface area contributed by atoms with Crippen LogP contribution in [0, 0.1) is 5.82 Å². The molecule has 0 spiro atoms. The second-order valence-electron chi connectivity index (χ2n) is 7.17. The number of rotatable bonds is 6. The van der Waals surface area contributed by atoms with Crippen molar-refractivity contribution in [2.45, 2.75) is 37.7 Å². The number of aliphatic imine (C=N–C) groups is 1. The van der Waals surface area contributed by atoms with E-state index in [1.807, 2.05) is 6.07 Å². The lowest BCUT2D eigenvalue weighted by Gasteiger charge is -2.36. The van der Waals surface area contributed by atoms with Crippen molar-refractivity contribution in [1.82, 2.24) is 10.6 Å². The minimum Gasteiger partial charge on any atom is -0.381 e. The molecule has 140 valence electrons.